The lowest BCUT2D eigenvalue weighted by atomic mass is 9.96. The molecule has 4 aromatic rings. The van der Waals surface area contributed by atoms with E-state index in [9.17, 15) is 4.79 Å². The summed E-state index contributed by atoms with van der Waals surface area (Å²) in [7, 11) is 1.76. The average Bonchev–Trinajstić information content (AvgIpc) is 3.14. The van der Waals surface area contributed by atoms with Crippen molar-refractivity contribution in [2.75, 3.05) is 18.0 Å². The largest absolute Gasteiger partial charge is 0.440 e. The first kappa shape index (κ1) is 18.2. The van der Waals surface area contributed by atoms with Crippen LogP contribution in [-0.4, -0.2) is 27.6 Å². The number of fused-ring (bicyclic) bond motifs is 2. The Hall–Kier alpha value is -2.86. The van der Waals surface area contributed by atoms with Crippen LogP contribution in [-0.2, 0) is 7.05 Å². The molecule has 1 aliphatic heterocycles. The van der Waals surface area contributed by atoms with Crippen molar-refractivity contribution in [3.8, 4) is 0 Å². The number of hydrogen-bond acceptors (Lipinski definition) is 5. The minimum Gasteiger partial charge on any atom is -0.440 e. The van der Waals surface area contributed by atoms with Gasteiger partial charge in [0.25, 0.3) is 5.56 Å². The molecule has 1 aliphatic rings. The van der Waals surface area contributed by atoms with Crippen molar-refractivity contribution in [2.24, 2.45) is 7.05 Å². The molecule has 0 amide bonds. The number of aromatic nitrogens is 3. The Morgan fingerprint density at radius 3 is 2.69 bits per heavy atom. The summed E-state index contributed by atoms with van der Waals surface area (Å²) in [6, 6.07) is 11.3. The highest BCUT2D eigenvalue weighted by atomic mass is 35.5. The maximum Gasteiger partial charge on any atom is 0.252 e. The van der Waals surface area contributed by atoms with E-state index in [4.69, 9.17) is 21.0 Å². The van der Waals surface area contributed by atoms with Gasteiger partial charge >= 0.3 is 0 Å². The van der Waals surface area contributed by atoms with E-state index in [1.165, 1.54) is 5.56 Å². The zero-order valence-corrected chi connectivity index (χ0v) is 17.1. The predicted molar refractivity (Wildman–Crippen MR) is 115 cm³/mol. The molecule has 0 spiro atoms. The van der Waals surface area contributed by atoms with Crippen molar-refractivity contribution in [1.82, 2.24) is 14.5 Å². The van der Waals surface area contributed by atoms with Crippen LogP contribution in [0.5, 0.6) is 0 Å². The van der Waals surface area contributed by atoms with Crippen LogP contribution in [0.4, 0.5) is 5.69 Å². The number of anilines is 1. The van der Waals surface area contributed by atoms with Crippen molar-refractivity contribution < 1.29 is 4.42 Å². The average molecular weight is 409 g/mol. The molecule has 4 heterocycles. The van der Waals surface area contributed by atoms with E-state index in [0.717, 1.165) is 59.6 Å². The normalized spacial score (nSPS) is 15.5. The van der Waals surface area contributed by atoms with Crippen molar-refractivity contribution in [1.29, 1.82) is 0 Å². The third kappa shape index (κ3) is 3.17. The first-order chi connectivity index (χ1) is 14.0. The Bertz CT molecular complexity index is 1290. The van der Waals surface area contributed by atoms with E-state index >= 15 is 0 Å². The zero-order valence-electron chi connectivity index (χ0n) is 16.4. The number of pyridine rings is 2. The fraction of sp³-hybridized carbons (Fsp3) is 0.318. The van der Waals surface area contributed by atoms with E-state index in [-0.39, 0.29) is 11.5 Å². The Labute approximate surface area is 172 Å². The van der Waals surface area contributed by atoms with Crippen LogP contribution in [0.2, 0.25) is 5.15 Å². The molecule has 0 atom stereocenters. The second kappa shape index (κ2) is 6.88. The number of benzene rings is 1. The third-order valence-electron chi connectivity index (χ3n) is 5.78. The smallest absolute Gasteiger partial charge is 0.252 e. The van der Waals surface area contributed by atoms with Crippen LogP contribution < -0.4 is 10.5 Å². The number of rotatable bonds is 2. The highest BCUT2D eigenvalue weighted by molar-refractivity contribution is 6.29. The summed E-state index contributed by atoms with van der Waals surface area (Å²) in [5, 5.41) is 0.425. The molecule has 1 aromatic carbocycles. The molecular formula is C22H21ClN4O2. The second-order valence-electron chi connectivity index (χ2n) is 7.71. The summed E-state index contributed by atoms with van der Waals surface area (Å²) in [6.07, 6.45) is 1.81. The summed E-state index contributed by atoms with van der Waals surface area (Å²) < 4.78 is 7.62. The van der Waals surface area contributed by atoms with Crippen molar-refractivity contribution >= 4 is 39.4 Å². The molecule has 5 rings (SSSR count). The quantitative estimate of drug-likeness (QED) is 0.459. The Kier molecular flexibility index (Phi) is 4.32. The molecule has 0 aliphatic carbocycles. The summed E-state index contributed by atoms with van der Waals surface area (Å²) in [6.45, 7) is 3.67. The number of halogens is 1. The van der Waals surface area contributed by atoms with Gasteiger partial charge in [0.1, 0.15) is 16.2 Å². The van der Waals surface area contributed by atoms with Crippen LogP contribution in [0.25, 0.3) is 22.1 Å². The standard InChI is InChI=1S/C22H21ClN4O2/c1-13-3-5-18-15(11-13)24-22(29-18)14-7-9-27(10-8-14)17-12-20(28)26(2)16-4-6-19(23)25-21(16)17/h3-6,11-12,14H,7-10H2,1-2H3. The molecule has 3 aromatic heterocycles. The van der Waals surface area contributed by atoms with Crippen LogP contribution >= 0.6 is 11.6 Å². The minimum atomic E-state index is -0.0481. The lowest BCUT2D eigenvalue weighted by Gasteiger charge is -2.32. The maximum absolute atomic E-state index is 12.4. The molecule has 0 bridgehead atoms. The highest BCUT2D eigenvalue weighted by Gasteiger charge is 2.26. The molecule has 7 heteroatoms. The lowest BCUT2D eigenvalue weighted by molar-refractivity contribution is 0.407. The van der Waals surface area contributed by atoms with Gasteiger partial charge in [-0.1, -0.05) is 17.7 Å². The Morgan fingerprint density at radius 1 is 1.10 bits per heavy atom. The number of aryl methyl sites for hydroxylation is 2. The third-order valence-corrected chi connectivity index (χ3v) is 5.99. The summed E-state index contributed by atoms with van der Waals surface area (Å²) in [4.78, 5) is 23.9. The first-order valence-corrected chi connectivity index (χ1v) is 10.2. The highest BCUT2D eigenvalue weighted by Crippen LogP contribution is 2.34. The molecular weight excluding hydrogens is 388 g/mol. The van der Waals surface area contributed by atoms with Gasteiger partial charge in [0.05, 0.1) is 11.2 Å². The van der Waals surface area contributed by atoms with Gasteiger partial charge in [-0.25, -0.2) is 9.97 Å². The molecule has 29 heavy (non-hydrogen) atoms. The Balaban J connectivity index is 1.44. The van der Waals surface area contributed by atoms with Crippen LogP contribution in [0.15, 0.2) is 45.6 Å². The van der Waals surface area contributed by atoms with Gasteiger partial charge in [-0.2, -0.15) is 0 Å². The second-order valence-corrected chi connectivity index (χ2v) is 8.10. The van der Waals surface area contributed by atoms with Crippen LogP contribution in [0, 0.1) is 6.92 Å². The van der Waals surface area contributed by atoms with Crippen LogP contribution in [0.3, 0.4) is 0 Å². The van der Waals surface area contributed by atoms with Gasteiger partial charge in [0.2, 0.25) is 0 Å². The number of hydrogen-bond donors (Lipinski definition) is 0. The fourth-order valence-electron chi connectivity index (χ4n) is 4.13. The van der Waals surface area contributed by atoms with Gasteiger partial charge in [-0.3, -0.25) is 4.79 Å². The molecule has 0 unspecified atom stereocenters. The number of piperidine rings is 1. The minimum absolute atomic E-state index is 0.0481. The first-order valence-electron chi connectivity index (χ1n) is 9.78. The fourth-order valence-corrected chi connectivity index (χ4v) is 4.27. The summed E-state index contributed by atoms with van der Waals surface area (Å²) >= 11 is 6.14. The predicted octanol–water partition coefficient (Wildman–Crippen LogP) is 4.42. The van der Waals surface area contributed by atoms with E-state index in [1.54, 1.807) is 23.7 Å². The molecule has 1 fully saturated rings. The van der Waals surface area contributed by atoms with E-state index in [1.807, 2.05) is 18.2 Å². The van der Waals surface area contributed by atoms with E-state index in [2.05, 4.69) is 22.9 Å². The topological polar surface area (TPSA) is 64.2 Å². The number of nitrogens with zero attached hydrogens (tertiary/aromatic N) is 4. The maximum atomic E-state index is 12.4. The van der Waals surface area contributed by atoms with Crippen molar-refractivity contribution in [3.05, 3.63) is 63.4 Å². The summed E-state index contributed by atoms with van der Waals surface area (Å²) in [5.74, 6) is 1.08. The van der Waals surface area contributed by atoms with Gasteiger partial charge in [0, 0.05) is 32.1 Å². The SMILES string of the molecule is Cc1ccc2oc(C3CCN(c4cc(=O)n(C)c5ccc(Cl)nc45)CC3)nc2c1. The van der Waals surface area contributed by atoms with Gasteiger partial charge in [-0.15, -0.1) is 0 Å². The Morgan fingerprint density at radius 2 is 1.90 bits per heavy atom. The summed E-state index contributed by atoms with van der Waals surface area (Å²) in [5.41, 5.74) is 5.27. The van der Waals surface area contributed by atoms with Crippen molar-refractivity contribution in [2.45, 2.75) is 25.7 Å². The van der Waals surface area contributed by atoms with Crippen LogP contribution in [0.1, 0.15) is 30.2 Å². The van der Waals surface area contributed by atoms with Gasteiger partial charge in [0.15, 0.2) is 11.5 Å². The molecule has 1 saturated heterocycles. The van der Waals surface area contributed by atoms with E-state index < -0.39 is 0 Å². The molecule has 148 valence electrons. The van der Waals surface area contributed by atoms with Gasteiger partial charge < -0.3 is 13.9 Å². The molecule has 6 nitrogen and oxygen atoms in total. The van der Waals surface area contributed by atoms with E-state index in [0.29, 0.717) is 5.15 Å². The molecule has 0 N–H and O–H groups in total. The van der Waals surface area contributed by atoms with Crippen molar-refractivity contribution in [3.63, 3.8) is 0 Å². The monoisotopic (exact) mass is 408 g/mol. The van der Waals surface area contributed by atoms with Gasteiger partial charge in [-0.05, 0) is 49.6 Å². The zero-order chi connectivity index (χ0) is 20.1. The molecule has 0 saturated carbocycles. The number of oxazole rings is 1. The lowest BCUT2D eigenvalue weighted by Crippen LogP contribution is -2.34. The molecule has 0 radical (unpaired) electrons.